The van der Waals surface area contributed by atoms with Crippen LogP contribution < -0.4 is 0 Å². The Morgan fingerprint density at radius 1 is 1.44 bits per heavy atom. The van der Waals surface area contributed by atoms with Crippen molar-refractivity contribution in [3.63, 3.8) is 0 Å². The zero-order chi connectivity index (χ0) is 11.7. The van der Waals surface area contributed by atoms with E-state index in [4.69, 9.17) is 0 Å². The van der Waals surface area contributed by atoms with E-state index in [1.807, 2.05) is 0 Å². The summed E-state index contributed by atoms with van der Waals surface area (Å²) >= 11 is 6.65. The summed E-state index contributed by atoms with van der Waals surface area (Å²) in [6, 6.07) is 4.26. The highest BCUT2D eigenvalue weighted by atomic mass is 79.9. The lowest BCUT2D eigenvalue weighted by atomic mass is 10.2. The van der Waals surface area contributed by atoms with E-state index >= 15 is 0 Å². The normalized spacial score (nSPS) is 20.2. The van der Waals surface area contributed by atoms with E-state index < -0.39 is 5.82 Å². The molecule has 0 bridgehead atoms. The minimum atomic E-state index is -0.396. The molecular weight excluding hydrogens is 341 g/mol. The lowest BCUT2D eigenvalue weighted by molar-refractivity contribution is 0.0793. The van der Waals surface area contributed by atoms with Crippen LogP contribution in [-0.4, -0.2) is 28.7 Å². The van der Waals surface area contributed by atoms with Crippen molar-refractivity contribution in [1.29, 1.82) is 0 Å². The van der Waals surface area contributed by atoms with Gasteiger partial charge in [0, 0.05) is 28.0 Å². The molecular formula is C11H10Br2FNO. The average Bonchev–Trinajstić information content (AvgIpc) is 2.62. The number of likely N-dealkylation sites (tertiary alicyclic amines) is 1. The lowest BCUT2D eigenvalue weighted by Crippen LogP contribution is -2.28. The topological polar surface area (TPSA) is 20.3 Å². The van der Waals surface area contributed by atoms with Crippen LogP contribution in [0.1, 0.15) is 16.8 Å². The molecule has 86 valence electrons. The van der Waals surface area contributed by atoms with E-state index in [0.717, 1.165) is 13.0 Å². The summed E-state index contributed by atoms with van der Waals surface area (Å²) in [6.45, 7) is 1.41. The molecule has 5 heteroatoms. The van der Waals surface area contributed by atoms with Crippen molar-refractivity contribution in [2.75, 3.05) is 13.1 Å². The van der Waals surface area contributed by atoms with Gasteiger partial charge in [0.25, 0.3) is 5.91 Å². The molecule has 0 radical (unpaired) electrons. The number of amides is 1. The van der Waals surface area contributed by atoms with E-state index in [1.165, 1.54) is 12.1 Å². The number of benzene rings is 1. The molecule has 1 atom stereocenters. The Balaban J connectivity index is 2.20. The fourth-order valence-corrected chi connectivity index (χ4v) is 2.78. The van der Waals surface area contributed by atoms with Crippen molar-refractivity contribution < 1.29 is 9.18 Å². The summed E-state index contributed by atoms with van der Waals surface area (Å²) in [5.41, 5.74) is 0.397. The summed E-state index contributed by atoms with van der Waals surface area (Å²) in [5, 5.41) is 0. The average molecular weight is 351 g/mol. The highest BCUT2D eigenvalue weighted by Crippen LogP contribution is 2.21. The molecule has 0 spiro atoms. The van der Waals surface area contributed by atoms with Gasteiger partial charge >= 0.3 is 0 Å². The van der Waals surface area contributed by atoms with Crippen LogP contribution in [-0.2, 0) is 0 Å². The van der Waals surface area contributed by atoms with E-state index in [2.05, 4.69) is 31.9 Å². The van der Waals surface area contributed by atoms with Gasteiger partial charge in [0.05, 0.1) is 0 Å². The zero-order valence-corrected chi connectivity index (χ0v) is 11.6. The molecule has 1 amide bonds. The molecule has 0 saturated carbocycles. The van der Waals surface area contributed by atoms with Crippen LogP contribution in [0.3, 0.4) is 0 Å². The van der Waals surface area contributed by atoms with Gasteiger partial charge in [-0.2, -0.15) is 0 Å². The molecule has 1 aliphatic heterocycles. The minimum absolute atomic E-state index is 0.109. The molecule has 2 rings (SSSR count). The lowest BCUT2D eigenvalue weighted by Gasteiger charge is -2.15. The first-order valence-electron chi connectivity index (χ1n) is 4.95. The molecule has 0 aliphatic carbocycles. The SMILES string of the molecule is O=C(c1cc(F)cc(Br)c1)N1CCC(Br)C1. The highest BCUT2D eigenvalue weighted by molar-refractivity contribution is 9.10. The summed E-state index contributed by atoms with van der Waals surface area (Å²) in [5.74, 6) is -0.505. The molecule has 1 heterocycles. The number of halogens is 3. The Hall–Kier alpha value is -0.420. The Labute approximate surface area is 110 Å². The van der Waals surface area contributed by atoms with Crippen LogP contribution in [0.2, 0.25) is 0 Å². The monoisotopic (exact) mass is 349 g/mol. The van der Waals surface area contributed by atoms with Gasteiger partial charge in [-0.25, -0.2) is 4.39 Å². The number of hydrogen-bond donors (Lipinski definition) is 0. The molecule has 2 nitrogen and oxygen atoms in total. The van der Waals surface area contributed by atoms with Crippen molar-refractivity contribution in [2.45, 2.75) is 11.2 Å². The Bertz CT molecular complexity index is 404. The maximum Gasteiger partial charge on any atom is 0.254 e. The first kappa shape index (κ1) is 12.0. The number of alkyl halides is 1. The Kier molecular flexibility index (Phi) is 3.64. The summed E-state index contributed by atoms with van der Waals surface area (Å²) in [4.78, 5) is 14.1. The van der Waals surface area contributed by atoms with Crippen molar-refractivity contribution in [3.05, 3.63) is 34.1 Å². The van der Waals surface area contributed by atoms with Gasteiger partial charge < -0.3 is 4.90 Å². The fraction of sp³-hybridized carbons (Fsp3) is 0.364. The predicted octanol–water partition coefficient (Wildman–Crippen LogP) is 3.20. The van der Waals surface area contributed by atoms with Gasteiger partial charge in [-0.15, -0.1) is 0 Å². The van der Waals surface area contributed by atoms with Crippen LogP contribution in [0.4, 0.5) is 4.39 Å². The van der Waals surface area contributed by atoms with Crippen molar-refractivity contribution >= 4 is 37.8 Å². The van der Waals surface area contributed by atoms with Gasteiger partial charge in [-0.1, -0.05) is 31.9 Å². The second-order valence-corrected chi connectivity index (χ2v) is 6.01. The van der Waals surface area contributed by atoms with Gasteiger partial charge in [0.2, 0.25) is 0 Å². The van der Waals surface area contributed by atoms with Crippen LogP contribution in [0, 0.1) is 5.82 Å². The van der Waals surface area contributed by atoms with Gasteiger partial charge in [0.1, 0.15) is 5.82 Å². The Morgan fingerprint density at radius 2 is 2.19 bits per heavy atom. The molecule has 16 heavy (non-hydrogen) atoms. The van der Waals surface area contributed by atoms with Crippen molar-refractivity contribution in [1.82, 2.24) is 4.90 Å². The van der Waals surface area contributed by atoms with Gasteiger partial charge in [0.15, 0.2) is 0 Å². The first-order chi connectivity index (χ1) is 7.56. The number of nitrogens with zero attached hydrogens (tertiary/aromatic N) is 1. The number of carbonyl (C=O) groups excluding carboxylic acids is 1. The maximum atomic E-state index is 13.1. The molecule has 0 N–H and O–H groups in total. The van der Waals surface area contributed by atoms with Crippen molar-refractivity contribution in [3.8, 4) is 0 Å². The number of rotatable bonds is 1. The highest BCUT2D eigenvalue weighted by Gasteiger charge is 2.25. The molecule has 0 aromatic heterocycles. The number of carbonyl (C=O) groups is 1. The quantitative estimate of drug-likeness (QED) is 0.712. The fourth-order valence-electron chi connectivity index (χ4n) is 1.76. The summed E-state index contributed by atoms with van der Waals surface area (Å²) in [7, 11) is 0. The van der Waals surface area contributed by atoms with Crippen molar-refractivity contribution in [2.24, 2.45) is 0 Å². The second-order valence-electron chi connectivity index (χ2n) is 3.80. The first-order valence-corrected chi connectivity index (χ1v) is 6.66. The maximum absolute atomic E-state index is 13.1. The smallest absolute Gasteiger partial charge is 0.254 e. The minimum Gasteiger partial charge on any atom is -0.337 e. The molecule has 1 aliphatic rings. The van der Waals surface area contributed by atoms with Gasteiger partial charge in [-0.3, -0.25) is 4.79 Å². The Morgan fingerprint density at radius 3 is 2.75 bits per heavy atom. The van der Waals surface area contributed by atoms with E-state index in [-0.39, 0.29) is 5.91 Å². The largest absolute Gasteiger partial charge is 0.337 e. The van der Waals surface area contributed by atoms with E-state index in [9.17, 15) is 9.18 Å². The molecule has 1 fully saturated rings. The third-order valence-corrected chi connectivity index (χ3v) is 3.73. The standard InChI is InChI=1S/C11H10Br2FNO/c12-8-1-2-15(6-8)11(16)7-3-9(13)5-10(14)4-7/h3-5,8H,1-2,6H2. The van der Waals surface area contributed by atoms with Crippen LogP contribution in [0.25, 0.3) is 0 Å². The van der Waals surface area contributed by atoms with E-state index in [1.54, 1.807) is 11.0 Å². The van der Waals surface area contributed by atoms with Crippen LogP contribution in [0.5, 0.6) is 0 Å². The van der Waals surface area contributed by atoms with E-state index in [0.29, 0.717) is 21.4 Å². The molecule has 1 aromatic carbocycles. The predicted molar refractivity (Wildman–Crippen MR) is 67.3 cm³/mol. The third-order valence-electron chi connectivity index (χ3n) is 2.53. The van der Waals surface area contributed by atoms with Crippen LogP contribution in [0.15, 0.2) is 22.7 Å². The molecule has 1 aromatic rings. The summed E-state index contributed by atoms with van der Waals surface area (Å²) in [6.07, 6.45) is 0.947. The summed E-state index contributed by atoms with van der Waals surface area (Å²) < 4.78 is 13.7. The second kappa shape index (κ2) is 4.84. The number of hydrogen-bond acceptors (Lipinski definition) is 1. The third kappa shape index (κ3) is 2.63. The molecule has 1 unspecified atom stereocenters. The van der Waals surface area contributed by atoms with Gasteiger partial charge in [-0.05, 0) is 24.6 Å². The molecule has 1 saturated heterocycles. The zero-order valence-electron chi connectivity index (χ0n) is 8.42. The van der Waals surface area contributed by atoms with Crippen LogP contribution >= 0.6 is 31.9 Å².